The van der Waals surface area contributed by atoms with Crippen molar-refractivity contribution >= 4 is 28.9 Å². The van der Waals surface area contributed by atoms with Gasteiger partial charge in [0.1, 0.15) is 4.88 Å². The van der Waals surface area contributed by atoms with E-state index < -0.39 is 12.1 Å². The van der Waals surface area contributed by atoms with Gasteiger partial charge in [-0.05, 0) is 69.2 Å². The van der Waals surface area contributed by atoms with Gasteiger partial charge in [0.15, 0.2) is 6.10 Å². The lowest BCUT2D eigenvalue weighted by Gasteiger charge is -2.15. The van der Waals surface area contributed by atoms with Crippen molar-refractivity contribution < 1.29 is 14.3 Å². The van der Waals surface area contributed by atoms with Crippen LogP contribution in [0.3, 0.4) is 0 Å². The zero-order valence-corrected chi connectivity index (χ0v) is 15.7. The number of carbonyl (C=O) groups excluding carboxylic acids is 2. The summed E-state index contributed by atoms with van der Waals surface area (Å²) in [4.78, 5) is 26.6. The van der Waals surface area contributed by atoms with Crippen LogP contribution in [-0.4, -0.2) is 18.0 Å². The van der Waals surface area contributed by atoms with Crippen LogP contribution in [0.25, 0.3) is 0 Å². The van der Waals surface area contributed by atoms with E-state index in [1.165, 1.54) is 34.6 Å². The molecule has 0 unspecified atom stereocenters. The van der Waals surface area contributed by atoms with Crippen molar-refractivity contribution in [1.29, 1.82) is 0 Å². The van der Waals surface area contributed by atoms with Crippen LogP contribution in [0.15, 0.2) is 24.3 Å². The van der Waals surface area contributed by atoms with Crippen molar-refractivity contribution in [3.63, 3.8) is 0 Å². The van der Waals surface area contributed by atoms with Crippen LogP contribution in [0.1, 0.15) is 51.0 Å². The fourth-order valence-corrected chi connectivity index (χ4v) is 4.24. The predicted molar refractivity (Wildman–Crippen MR) is 100 cm³/mol. The summed E-state index contributed by atoms with van der Waals surface area (Å²) in [5, 5.41) is 2.87. The van der Waals surface area contributed by atoms with Crippen LogP contribution >= 0.6 is 11.3 Å². The average molecular weight is 357 g/mol. The molecule has 2 aromatic rings. The summed E-state index contributed by atoms with van der Waals surface area (Å²) in [6.07, 6.45) is 3.58. The van der Waals surface area contributed by atoms with E-state index in [0.717, 1.165) is 29.7 Å². The van der Waals surface area contributed by atoms with Crippen molar-refractivity contribution in [2.24, 2.45) is 0 Å². The van der Waals surface area contributed by atoms with Gasteiger partial charge in [-0.3, -0.25) is 4.79 Å². The molecule has 0 bridgehead atoms. The Bertz CT molecular complexity index is 766. The van der Waals surface area contributed by atoms with Crippen molar-refractivity contribution in [1.82, 2.24) is 0 Å². The first-order valence-corrected chi connectivity index (χ1v) is 9.47. The van der Waals surface area contributed by atoms with Gasteiger partial charge in [-0.25, -0.2) is 4.79 Å². The number of anilines is 1. The molecular formula is C20H23NO3S. The van der Waals surface area contributed by atoms with Crippen molar-refractivity contribution in [3.8, 4) is 0 Å². The average Bonchev–Trinajstić information content (AvgIpc) is 3.02. The number of esters is 1. The highest BCUT2D eigenvalue weighted by Crippen LogP contribution is 2.30. The first kappa shape index (κ1) is 17.7. The molecule has 1 N–H and O–H groups in total. The van der Waals surface area contributed by atoms with E-state index in [1.54, 1.807) is 6.92 Å². The zero-order chi connectivity index (χ0) is 18.0. The minimum absolute atomic E-state index is 0.313. The molecule has 0 aliphatic heterocycles. The largest absolute Gasteiger partial charge is 0.448 e. The standard InChI is InChI=1S/C20H23NO3S/c1-12-7-6-8-13(2)18(12)21-19(22)14(3)24-20(23)17-11-15-9-4-5-10-16(15)25-17/h6-8,11,14H,4-5,9-10H2,1-3H3,(H,21,22)/t14-/m1/s1. The van der Waals surface area contributed by atoms with Gasteiger partial charge in [0.05, 0.1) is 0 Å². The number of amides is 1. The molecule has 5 heteroatoms. The molecule has 1 heterocycles. The molecule has 1 aliphatic rings. The Balaban J connectivity index is 1.65. The van der Waals surface area contributed by atoms with E-state index in [0.29, 0.717) is 4.88 Å². The Morgan fingerprint density at radius 3 is 2.52 bits per heavy atom. The van der Waals surface area contributed by atoms with E-state index in [4.69, 9.17) is 4.74 Å². The number of hydrogen-bond donors (Lipinski definition) is 1. The quantitative estimate of drug-likeness (QED) is 0.824. The summed E-state index contributed by atoms with van der Waals surface area (Å²) in [7, 11) is 0. The molecule has 1 aromatic carbocycles. The number of nitrogens with one attached hydrogen (secondary N) is 1. The van der Waals surface area contributed by atoms with E-state index >= 15 is 0 Å². The van der Waals surface area contributed by atoms with Gasteiger partial charge in [-0.15, -0.1) is 11.3 Å². The second-order valence-electron chi connectivity index (χ2n) is 6.57. The minimum Gasteiger partial charge on any atom is -0.448 e. The van der Waals surface area contributed by atoms with Crippen LogP contribution in [0.5, 0.6) is 0 Å². The second kappa shape index (κ2) is 7.40. The molecule has 0 saturated carbocycles. The summed E-state index contributed by atoms with van der Waals surface area (Å²) in [5.41, 5.74) is 4.01. The lowest BCUT2D eigenvalue weighted by atomic mass is 9.99. The topological polar surface area (TPSA) is 55.4 Å². The fraction of sp³-hybridized carbons (Fsp3) is 0.400. The molecule has 3 rings (SSSR count). The number of thiophene rings is 1. The smallest absolute Gasteiger partial charge is 0.349 e. The van der Waals surface area contributed by atoms with Gasteiger partial charge >= 0.3 is 5.97 Å². The molecule has 0 radical (unpaired) electrons. The summed E-state index contributed by atoms with van der Waals surface area (Å²) < 4.78 is 5.39. The molecule has 0 spiro atoms. The lowest BCUT2D eigenvalue weighted by molar-refractivity contribution is -0.123. The van der Waals surface area contributed by atoms with Crippen LogP contribution < -0.4 is 5.32 Å². The van der Waals surface area contributed by atoms with Gasteiger partial charge in [0.2, 0.25) is 0 Å². The third kappa shape index (κ3) is 3.93. The maximum Gasteiger partial charge on any atom is 0.349 e. The van der Waals surface area contributed by atoms with Gasteiger partial charge in [0.25, 0.3) is 5.91 Å². The van der Waals surface area contributed by atoms with Crippen LogP contribution in [0, 0.1) is 13.8 Å². The second-order valence-corrected chi connectivity index (χ2v) is 7.71. The van der Waals surface area contributed by atoms with Crippen molar-refractivity contribution in [2.45, 2.75) is 52.6 Å². The Morgan fingerprint density at radius 1 is 1.16 bits per heavy atom. The Kier molecular flexibility index (Phi) is 5.23. The monoisotopic (exact) mass is 357 g/mol. The first-order chi connectivity index (χ1) is 12.0. The Labute approximate surface area is 152 Å². The van der Waals surface area contributed by atoms with E-state index in [9.17, 15) is 9.59 Å². The number of ether oxygens (including phenoxy) is 1. The molecule has 1 aliphatic carbocycles. The molecule has 132 valence electrons. The minimum atomic E-state index is -0.842. The predicted octanol–water partition coefficient (Wildman–Crippen LogP) is 4.43. The third-order valence-electron chi connectivity index (χ3n) is 4.58. The maximum absolute atomic E-state index is 12.4. The summed E-state index contributed by atoms with van der Waals surface area (Å²) >= 11 is 1.50. The third-order valence-corrected chi connectivity index (χ3v) is 5.80. The van der Waals surface area contributed by atoms with Crippen LogP contribution in [0.4, 0.5) is 5.69 Å². The van der Waals surface area contributed by atoms with E-state index in [-0.39, 0.29) is 5.91 Å². The number of hydrogen-bond acceptors (Lipinski definition) is 4. The number of rotatable bonds is 4. The van der Waals surface area contributed by atoms with Crippen LogP contribution in [-0.2, 0) is 22.4 Å². The number of para-hydroxylation sites is 1. The highest BCUT2D eigenvalue weighted by atomic mass is 32.1. The highest BCUT2D eigenvalue weighted by Gasteiger charge is 2.23. The molecular weight excluding hydrogens is 334 g/mol. The van der Waals surface area contributed by atoms with E-state index in [1.807, 2.05) is 38.1 Å². The van der Waals surface area contributed by atoms with Crippen molar-refractivity contribution in [2.75, 3.05) is 5.32 Å². The number of fused-ring (bicyclic) bond motifs is 1. The Hall–Kier alpha value is -2.14. The molecule has 1 aromatic heterocycles. The SMILES string of the molecule is Cc1cccc(C)c1NC(=O)[C@@H](C)OC(=O)c1cc2c(s1)CCCC2. The van der Waals surface area contributed by atoms with Gasteiger partial charge in [0, 0.05) is 10.6 Å². The fourth-order valence-electron chi connectivity index (χ4n) is 3.10. The van der Waals surface area contributed by atoms with Crippen molar-refractivity contribution in [3.05, 3.63) is 50.7 Å². The van der Waals surface area contributed by atoms with Gasteiger partial charge in [-0.1, -0.05) is 18.2 Å². The number of carbonyl (C=O) groups is 2. The van der Waals surface area contributed by atoms with Gasteiger partial charge in [-0.2, -0.15) is 0 Å². The number of aryl methyl sites for hydroxylation is 4. The van der Waals surface area contributed by atoms with E-state index in [2.05, 4.69) is 5.32 Å². The number of benzene rings is 1. The van der Waals surface area contributed by atoms with Crippen LogP contribution in [0.2, 0.25) is 0 Å². The van der Waals surface area contributed by atoms with Gasteiger partial charge < -0.3 is 10.1 Å². The normalized spacial score (nSPS) is 14.5. The molecule has 1 atom stereocenters. The lowest BCUT2D eigenvalue weighted by Crippen LogP contribution is -2.30. The zero-order valence-electron chi connectivity index (χ0n) is 14.8. The molecule has 4 nitrogen and oxygen atoms in total. The summed E-state index contributed by atoms with van der Waals surface area (Å²) in [6, 6.07) is 7.75. The molecule has 0 fully saturated rings. The Morgan fingerprint density at radius 2 is 1.84 bits per heavy atom. The first-order valence-electron chi connectivity index (χ1n) is 8.65. The summed E-state index contributed by atoms with van der Waals surface area (Å²) in [6.45, 7) is 5.49. The highest BCUT2D eigenvalue weighted by molar-refractivity contribution is 7.14. The molecule has 25 heavy (non-hydrogen) atoms. The maximum atomic E-state index is 12.4. The molecule has 0 saturated heterocycles. The summed E-state index contributed by atoms with van der Waals surface area (Å²) in [5.74, 6) is -0.726. The molecule has 1 amide bonds.